The van der Waals surface area contributed by atoms with Crippen molar-refractivity contribution in [2.45, 2.75) is 10.7 Å². The summed E-state index contributed by atoms with van der Waals surface area (Å²) < 4.78 is 29.7. The number of ether oxygens (including phenoxy) is 1. The Morgan fingerprint density at radius 2 is 1.83 bits per heavy atom. The SMILES string of the molecule is CCOC(=O)c1ccc(Br)c(N(F)C(=O)N(F)C(=O)C(Cl)(Cl)Cl)c1. The predicted molar refractivity (Wildman–Crippen MR) is 87.3 cm³/mol. The highest BCUT2D eigenvalue weighted by molar-refractivity contribution is 9.10. The number of amides is 3. The van der Waals surface area contributed by atoms with Gasteiger partial charge in [-0.1, -0.05) is 48.9 Å². The van der Waals surface area contributed by atoms with Crippen molar-refractivity contribution < 1.29 is 28.1 Å². The van der Waals surface area contributed by atoms with Gasteiger partial charge in [-0.25, -0.2) is 9.59 Å². The van der Waals surface area contributed by atoms with Crippen LogP contribution in [0.1, 0.15) is 17.3 Å². The van der Waals surface area contributed by atoms with Crippen molar-refractivity contribution in [2.24, 2.45) is 0 Å². The molecule has 0 spiro atoms. The minimum Gasteiger partial charge on any atom is -0.462 e. The Kier molecular flexibility index (Phi) is 7.21. The molecule has 1 aromatic carbocycles. The van der Waals surface area contributed by atoms with E-state index in [1.54, 1.807) is 6.92 Å². The maximum Gasteiger partial charge on any atom is 0.388 e. The number of halogens is 6. The minimum absolute atomic E-state index is 0.0128. The molecule has 0 unspecified atom stereocenters. The number of imide groups is 1. The lowest BCUT2D eigenvalue weighted by molar-refractivity contribution is -0.138. The first kappa shape index (κ1) is 20.9. The number of benzene rings is 1. The van der Waals surface area contributed by atoms with E-state index in [4.69, 9.17) is 39.5 Å². The van der Waals surface area contributed by atoms with Crippen LogP contribution in [0.5, 0.6) is 0 Å². The van der Waals surface area contributed by atoms with Crippen LogP contribution in [0.25, 0.3) is 0 Å². The molecule has 0 saturated heterocycles. The lowest BCUT2D eigenvalue weighted by Gasteiger charge is -2.19. The fourth-order valence-electron chi connectivity index (χ4n) is 1.38. The number of anilines is 1. The fraction of sp³-hybridized carbons (Fsp3) is 0.250. The smallest absolute Gasteiger partial charge is 0.388 e. The zero-order chi connectivity index (χ0) is 18.7. The molecular formula is C12H8BrCl3F2N2O4. The van der Waals surface area contributed by atoms with Crippen LogP contribution in [0.3, 0.4) is 0 Å². The molecule has 132 valence electrons. The highest BCUT2D eigenvalue weighted by atomic mass is 79.9. The molecule has 1 aromatic rings. The van der Waals surface area contributed by atoms with Crippen LogP contribution in [0.4, 0.5) is 19.4 Å². The molecule has 0 heterocycles. The van der Waals surface area contributed by atoms with Crippen molar-refractivity contribution in [3.05, 3.63) is 28.2 Å². The summed E-state index contributed by atoms with van der Waals surface area (Å²) in [4.78, 5) is 34.6. The van der Waals surface area contributed by atoms with E-state index in [2.05, 4.69) is 15.9 Å². The Bertz CT molecular complexity index is 672. The van der Waals surface area contributed by atoms with Gasteiger partial charge < -0.3 is 4.74 Å². The van der Waals surface area contributed by atoms with Crippen LogP contribution in [-0.2, 0) is 9.53 Å². The second-order valence-corrected chi connectivity index (χ2v) is 7.17. The van der Waals surface area contributed by atoms with Gasteiger partial charge in [0.25, 0.3) is 3.79 Å². The van der Waals surface area contributed by atoms with Crippen molar-refractivity contribution in [2.75, 3.05) is 11.7 Å². The molecule has 0 saturated carbocycles. The predicted octanol–water partition coefficient (Wildman–Crippen LogP) is 4.52. The molecule has 0 fully saturated rings. The van der Waals surface area contributed by atoms with Crippen LogP contribution in [0.15, 0.2) is 22.7 Å². The summed E-state index contributed by atoms with van der Waals surface area (Å²) in [6, 6.07) is 1.34. The van der Waals surface area contributed by atoms with E-state index in [1.807, 2.05) is 0 Å². The molecule has 0 aliphatic carbocycles. The molecule has 24 heavy (non-hydrogen) atoms. The first-order valence-electron chi connectivity index (χ1n) is 6.04. The van der Waals surface area contributed by atoms with Crippen LogP contribution in [0, 0.1) is 0 Å². The van der Waals surface area contributed by atoms with E-state index in [9.17, 15) is 23.3 Å². The number of alkyl halides is 3. The quantitative estimate of drug-likeness (QED) is 0.372. The number of carbonyl (C=O) groups excluding carboxylic acids is 3. The van der Waals surface area contributed by atoms with Gasteiger partial charge in [-0.2, -0.15) is 0 Å². The summed E-state index contributed by atoms with van der Waals surface area (Å²) in [5, 5.41) is -1.93. The number of nitrogens with zero attached hydrogens (tertiary/aromatic N) is 2. The van der Waals surface area contributed by atoms with E-state index in [1.165, 1.54) is 12.1 Å². The van der Waals surface area contributed by atoms with E-state index in [-0.39, 0.29) is 16.6 Å². The Morgan fingerprint density at radius 1 is 1.25 bits per heavy atom. The Morgan fingerprint density at radius 3 is 2.33 bits per heavy atom. The van der Waals surface area contributed by atoms with Crippen molar-refractivity contribution in [1.82, 2.24) is 5.12 Å². The van der Waals surface area contributed by atoms with Crippen LogP contribution in [0.2, 0.25) is 0 Å². The summed E-state index contributed by atoms with van der Waals surface area (Å²) >= 11 is 18.3. The first-order valence-corrected chi connectivity index (χ1v) is 7.97. The number of hydrogen-bond acceptors (Lipinski definition) is 4. The van der Waals surface area contributed by atoms with Gasteiger partial charge in [0.05, 0.1) is 17.9 Å². The summed E-state index contributed by atoms with van der Waals surface area (Å²) in [5.74, 6) is -2.70. The van der Waals surface area contributed by atoms with Crippen LogP contribution in [-0.4, -0.2) is 33.4 Å². The lowest BCUT2D eigenvalue weighted by Crippen LogP contribution is -2.43. The number of esters is 1. The van der Waals surface area contributed by atoms with Crippen molar-refractivity contribution in [3.8, 4) is 0 Å². The first-order chi connectivity index (χ1) is 11.0. The summed E-state index contributed by atoms with van der Waals surface area (Å²) in [5.41, 5.74) is -0.672. The molecule has 0 bridgehead atoms. The molecule has 12 heteroatoms. The molecular weight excluding hydrogens is 460 g/mol. The van der Waals surface area contributed by atoms with Gasteiger partial charge in [0, 0.05) is 4.47 Å². The summed E-state index contributed by atoms with van der Waals surface area (Å²) in [6.45, 7) is 1.63. The third-order valence-corrected chi connectivity index (χ3v) is 3.58. The highest BCUT2D eigenvalue weighted by Gasteiger charge is 2.41. The standard InChI is InChI=1S/C12H8BrCl3F2N2O4/c1-2-24-9(21)6-3-4-7(13)8(5-6)19(17)11(23)20(18)10(22)12(14,15)16/h3-5H,2H2,1H3. The Labute approximate surface area is 158 Å². The monoisotopic (exact) mass is 466 g/mol. The average molecular weight is 468 g/mol. The van der Waals surface area contributed by atoms with Crippen molar-refractivity contribution >= 4 is 74.3 Å². The molecule has 0 aliphatic rings. The maximum absolute atomic E-state index is 14.2. The average Bonchev–Trinajstić information content (AvgIpc) is 2.51. The molecule has 3 amide bonds. The molecule has 1 rings (SSSR count). The molecule has 0 atom stereocenters. The summed E-state index contributed by atoms with van der Waals surface area (Å²) in [7, 11) is 0. The zero-order valence-electron chi connectivity index (χ0n) is 11.7. The maximum atomic E-state index is 14.2. The third kappa shape index (κ3) is 4.92. The second-order valence-electron chi connectivity index (χ2n) is 4.03. The van der Waals surface area contributed by atoms with Gasteiger partial charge in [0.1, 0.15) is 0 Å². The normalized spacial score (nSPS) is 11.0. The lowest BCUT2D eigenvalue weighted by atomic mass is 10.2. The fourth-order valence-corrected chi connectivity index (χ4v) is 2.01. The van der Waals surface area contributed by atoms with E-state index >= 15 is 0 Å². The number of carbonyl (C=O) groups is 3. The van der Waals surface area contributed by atoms with Crippen LogP contribution < -0.4 is 5.12 Å². The largest absolute Gasteiger partial charge is 0.462 e. The third-order valence-electron chi connectivity index (χ3n) is 2.43. The number of urea groups is 1. The molecule has 0 N–H and O–H groups in total. The number of rotatable bonds is 3. The van der Waals surface area contributed by atoms with E-state index in [0.717, 1.165) is 6.07 Å². The van der Waals surface area contributed by atoms with E-state index in [0.29, 0.717) is 0 Å². The topological polar surface area (TPSA) is 66.9 Å². The van der Waals surface area contributed by atoms with Crippen LogP contribution >= 0.6 is 50.7 Å². The summed E-state index contributed by atoms with van der Waals surface area (Å²) in [6.07, 6.45) is 0. The molecule has 0 aromatic heterocycles. The van der Waals surface area contributed by atoms with Gasteiger partial charge in [-0.15, -0.1) is 5.12 Å². The Hall–Kier alpha value is -1.16. The molecule has 0 radical (unpaired) electrons. The van der Waals surface area contributed by atoms with Gasteiger partial charge in [0.2, 0.25) is 0 Å². The molecule has 6 nitrogen and oxygen atoms in total. The highest BCUT2D eigenvalue weighted by Crippen LogP contribution is 2.32. The van der Waals surface area contributed by atoms with Crippen molar-refractivity contribution in [3.63, 3.8) is 0 Å². The number of hydrogen-bond donors (Lipinski definition) is 0. The minimum atomic E-state index is -2.80. The van der Waals surface area contributed by atoms with Gasteiger partial charge in [0.15, 0.2) is 0 Å². The van der Waals surface area contributed by atoms with Gasteiger partial charge in [-0.05, 0) is 41.1 Å². The molecule has 0 aliphatic heterocycles. The zero-order valence-corrected chi connectivity index (χ0v) is 15.6. The van der Waals surface area contributed by atoms with Gasteiger partial charge >= 0.3 is 17.9 Å². The van der Waals surface area contributed by atoms with E-state index < -0.39 is 37.6 Å². The van der Waals surface area contributed by atoms with Gasteiger partial charge in [-0.3, -0.25) is 4.79 Å². The second kappa shape index (κ2) is 8.28. The van der Waals surface area contributed by atoms with Crippen molar-refractivity contribution in [1.29, 1.82) is 0 Å². The Balaban J connectivity index is 3.12.